The first kappa shape index (κ1) is 14.3. The smallest absolute Gasteiger partial charge is 0.0801 e. The molecular formula is C16H27B. The van der Waals surface area contributed by atoms with E-state index in [1.54, 1.807) is 0 Å². The van der Waals surface area contributed by atoms with Crippen LogP contribution in [0.2, 0.25) is 12.6 Å². The van der Waals surface area contributed by atoms with E-state index in [4.69, 9.17) is 0 Å². The van der Waals surface area contributed by atoms with Gasteiger partial charge in [-0.25, -0.2) is 0 Å². The van der Waals surface area contributed by atoms with Crippen LogP contribution < -0.4 is 5.46 Å². The van der Waals surface area contributed by atoms with Crippen LogP contribution in [-0.4, -0.2) is 6.71 Å². The summed E-state index contributed by atoms with van der Waals surface area (Å²) in [5.74, 6) is 0. The van der Waals surface area contributed by atoms with Crippen LogP contribution >= 0.6 is 0 Å². The Hall–Kier alpha value is -0.715. The minimum atomic E-state index is 0.427. The molecule has 0 amide bonds. The van der Waals surface area contributed by atoms with Crippen LogP contribution in [0.5, 0.6) is 0 Å². The van der Waals surface area contributed by atoms with Crippen molar-refractivity contribution in [1.29, 1.82) is 0 Å². The van der Waals surface area contributed by atoms with Crippen molar-refractivity contribution in [3.63, 3.8) is 0 Å². The maximum absolute atomic E-state index is 2.35. The molecule has 0 radical (unpaired) electrons. The fourth-order valence-corrected chi connectivity index (χ4v) is 2.35. The van der Waals surface area contributed by atoms with E-state index < -0.39 is 0 Å². The summed E-state index contributed by atoms with van der Waals surface area (Å²) in [6.45, 7) is 12.3. The number of hydrogen-bond donors (Lipinski definition) is 0. The molecule has 0 nitrogen and oxygen atoms in total. The molecule has 0 saturated heterocycles. The molecule has 0 spiro atoms. The van der Waals surface area contributed by atoms with E-state index >= 15 is 0 Å². The van der Waals surface area contributed by atoms with Crippen molar-refractivity contribution in [1.82, 2.24) is 0 Å². The molecule has 17 heavy (non-hydrogen) atoms. The fourth-order valence-electron chi connectivity index (χ4n) is 2.35. The standard InChI is InChI=1S/C16H27B/c1-6-16(4,5)13-14-9-11-15(12-10-14)17(7-2)8-3/h9-12H,6-8,13H2,1-5H3. The van der Waals surface area contributed by atoms with Gasteiger partial charge < -0.3 is 0 Å². The summed E-state index contributed by atoms with van der Waals surface area (Å²) < 4.78 is 0. The molecule has 1 aromatic rings. The van der Waals surface area contributed by atoms with E-state index in [-0.39, 0.29) is 0 Å². The lowest BCUT2D eigenvalue weighted by Crippen LogP contribution is -2.28. The van der Waals surface area contributed by atoms with Crippen LogP contribution in [0.4, 0.5) is 0 Å². The van der Waals surface area contributed by atoms with E-state index in [9.17, 15) is 0 Å². The average Bonchev–Trinajstić information content (AvgIpc) is 2.32. The lowest BCUT2D eigenvalue weighted by atomic mass is 9.41. The van der Waals surface area contributed by atoms with Crippen molar-refractivity contribution in [2.45, 2.75) is 60.1 Å². The first-order chi connectivity index (χ1) is 8.02. The Morgan fingerprint density at radius 3 is 1.88 bits per heavy atom. The first-order valence-electron chi connectivity index (χ1n) is 7.11. The molecule has 0 unspecified atom stereocenters. The maximum Gasteiger partial charge on any atom is 0.175 e. The van der Waals surface area contributed by atoms with Gasteiger partial charge in [0, 0.05) is 0 Å². The Morgan fingerprint density at radius 1 is 0.941 bits per heavy atom. The van der Waals surface area contributed by atoms with E-state index in [0.29, 0.717) is 5.41 Å². The zero-order chi connectivity index (χ0) is 12.9. The molecule has 0 aromatic heterocycles. The summed E-state index contributed by atoms with van der Waals surface area (Å²) in [6.07, 6.45) is 4.92. The second-order valence-corrected chi connectivity index (χ2v) is 5.95. The minimum absolute atomic E-state index is 0.427. The van der Waals surface area contributed by atoms with Gasteiger partial charge in [-0.3, -0.25) is 0 Å². The molecular weight excluding hydrogens is 203 g/mol. The number of hydrogen-bond acceptors (Lipinski definition) is 0. The minimum Gasteiger partial charge on any atom is -0.0801 e. The van der Waals surface area contributed by atoms with Gasteiger partial charge in [0.15, 0.2) is 6.71 Å². The zero-order valence-corrected chi connectivity index (χ0v) is 12.2. The highest BCUT2D eigenvalue weighted by Crippen LogP contribution is 2.24. The van der Waals surface area contributed by atoms with Crippen molar-refractivity contribution < 1.29 is 0 Å². The van der Waals surface area contributed by atoms with Gasteiger partial charge in [0.05, 0.1) is 0 Å². The Morgan fingerprint density at radius 2 is 1.47 bits per heavy atom. The van der Waals surface area contributed by atoms with E-state index in [0.717, 1.165) is 6.71 Å². The highest BCUT2D eigenvalue weighted by molar-refractivity contribution is 6.73. The van der Waals surface area contributed by atoms with Gasteiger partial charge >= 0.3 is 0 Å². The molecule has 0 aliphatic rings. The van der Waals surface area contributed by atoms with Crippen molar-refractivity contribution >= 4 is 12.2 Å². The van der Waals surface area contributed by atoms with Gasteiger partial charge in [0.25, 0.3) is 0 Å². The van der Waals surface area contributed by atoms with Crippen LogP contribution in [0, 0.1) is 5.41 Å². The molecule has 0 saturated carbocycles. The summed E-state index contributed by atoms with van der Waals surface area (Å²) >= 11 is 0. The maximum atomic E-state index is 2.35. The van der Waals surface area contributed by atoms with Crippen LogP contribution in [0.1, 0.15) is 46.6 Å². The Labute approximate surface area is 108 Å². The van der Waals surface area contributed by atoms with Gasteiger partial charge in [-0.15, -0.1) is 0 Å². The van der Waals surface area contributed by atoms with Gasteiger partial charge in [-0.05, 0) is 17.4 Å². The molecule has 0 aliphatic heterocycles. The lowest BCUT2D eigenvalue weighted by Gasteiger charge is -2.22. The zero-order valence-electron chi connectivity index (χ0n) is 12.2. The predicted octanol–water partition coefficient (Wildman–Crippen LogP) is 4.41. The summed E-state index contributed by atoms with van der Waals surface area (Å²) in [5, 5.41) is 0. The van der Waals surface area contributed by atoms with Crippen LogP contribution in [0.3, 0.4) is 0 Å². The van der Waals surface area contributed by atoms with Gasteiger partial charge in [-0.2, -0.15) is 0 Å². The van der Waals surface area contributed by atoms with Gasteiger partial charge in [0.1, 0.15) is 0 Å². The molecule has 1 heteroatoms. The highest BCUT2D eigenvalue weighted by atomic mass is 14.2. The summed E-state index contributed by atoms with van der Waals surface area (Å²) in [4.78, 5) is 0. The molecule has 0 heterocycles. The topological polar surface area (TPSA) is 0 Å². The fraction of sp³-hybridized carbons (Fsp3) is 0.625. The monoisotopic (exact) mass is 230 g/mol. The third-order valence-electron chi connectivity index (χ3n) is 4.08. The average molecular weight is 230 g/mol. The molecule has 1 rings (SSSR count). The molecule has 1 aromatic carbocycles. The van der Waals surface area contributed by atoms with E-state index in [1.165, 1.54) is 36.5 Å². The van der Waals surface area contributed by atoms with Crippen molar-refractivity contribution in [3.05, 3.63) is 29.8 Å². The van der Waals surface area contributed by atoms with Crippen LogP contribution in [0.15, 0.2) is 24.3 Å². The lowest BCUT2D eigenvalue weighted by molar-refractivity contribution is 0.349. The SMILES string of the molecule is CCB(CC)c1ccc(CC(C)(C)CC)cc1. The molecule has 0 N–H and O–H groups in total. The third-order valence-corrected chi connectivity index (χ3v) is 4.08. The van der Waals surface area contributed by atoms with E-state index in [2.05, 4.69) is 58.9 Å². The quantitative estimate of drug-likeness (QED) is 0.635. The Bertz CT molecular complexity index is 320. The van der Waals surface area contributed by atoms with Crippen molar-refractivity contribution in [2.24, 2.45) is 5.41 Å². The molecule has 0 aliphatic carbocycles. The van der Waals surface area contributed by atoms with Crippen molar-refractivity contribution in [3.8, 4) is 0 Å². The summed E-state index contributed by atoms with van der Waals surface area (Å²) in [6, 6.07) is 9.31. The van der Waals surface area contributed by atoms with Gasteiger partial charge in [-0.1, -0.05) is 83.4 Å². The van der Waals surface area contributed by atoms with E-state index in [1.807, 2.05) is 0 Å². The highest BCUT2D eigenvalue weighted by Gasteiger charge is 2.16. The normalized spacial score (nSPS) is 11.6. The Balaban J connectivity index is 2.74. The van der Waals surface area contributed by atoms with Crippen molar-refractivity contribution in [2.75, 3.05) is 0 Å². The Kier molecular flexibility index (Phi) is 5.30. The van der Waals surface area contributed by atoms with Gasteiger partial charge in [0.2, 0.25) is 0 Å². The molecule has 0 fully saturated rings. The molecule has 0 atom stereocenters. The largest absolute Gasteiger partial charge is 0.175 e. The van der Waals surface area contributed by atoms with Crippen LogP contribution in [0.25, 0.3) is 0 Å². The summed E-state index contributed by atoms with van der Waals surface area (Å²) in [7, 11) is 0. The number of rotatable bonds is 6. The number of benzene rings is 1. The third kappa shape index (κ3) is 4.22. The summed E-state index contributed by atoms with van der Waals surface area (Å²) in [5.41, 5.74) is 3.41. The second kappa shape index (κ2) is 6.28. The van der Waals surface area contributed by atoms with Crippen LogP contribution in [-0.2, 0) is 6.42 Å². The second-order valence-electron chi connectivity index (χ2n) is 5.95. The first-order valence-corrected chi connectivity index (χ1v) is 7.11. The predicted molar refractivity (Wildman–Crippen MR) is 80.6 cm³/mol. The molecule has 94 valence electrons. The molecule has 0 bridgehead atoms.